The largest absolute Gasteiger partial charge is 0.481 e. The zero-order valence-corrected chi connectivity index (χ0v) is 5.76. The van der Waals surface area contributed by atoms with Gasteiger partial charge in [0, 0.05) is 6.42 Å². The molecule has 0 bridgehead atoms. The standard InChI is InChI=1S/C7H13O2/c1-3-4-6(2)5-7(8)9/h6H,1,3-5H2,2H3,(H,8,9). The maximum atomic E-state index is 10.1. The van der Waals surface area contributed by atoms with Crippen molar-refractivity contribution in [2.24, 2.45) is 5.92 Å². The molecule has 0 aromatic rings. The maximum absolute atomic E-state index is 10.1. The average molecular weight is 129 g/mol. The monoisotopic (exact) mass is 129 g/mol. The fraction of sp³-hybridized carbons (Fsp3) is 0.714. The van der Waals surface area contributed by atoms with Gasteiger partial charge in [0.15, 0.2) is 0 Å². The van der Waals surface area contributed by atoms with Crippen LogP contribution in [0, 0.1) is 12.8 Å². The smallest absolute Gasteiger partial charge is 0.303 e. The van der Waals surface area contributed by atoms with E-state index in [0.29, 0.717) is 0 Å². The Kier molecular flexibility index (Phi) is 4.10. The lowest BCUT2D eigenvalue weighted by Gasteiger charge is -2.03. The number of carboxylic acids is 1. The van der Waals surface area contributed by atoms with Gasteiger partial charge in [-0.1, -0.05) is 26.7 Å². The van der Waals surface area contributed by atoms with Gasteiger partial charge in [0.05, 0.1) is 0 Å². The van der Waals surface area contributed by atoms with E-state index in [1.54, 1.807) is 0 Å². The van der Waals surface area contributed by atoms with Gasteiger partial charge in [-0.25, -0.2) is 0 Å². The number of aliphatic carboxylic acids is 1. The quantitative estimate of drug-likeness (QED) is 0.627. The fourth-order valence-corrected chi connectivity index (χ4v) is 0.749. The second kappa shape index (κ2) is 4.36. The lowest BCUT2D eigenvalue weighted by molar-refractivity contribution is -0.138. The highest BCUT2D eigenvalue weighted by Crippen LogP contribution is 2.08. The van der Waals surface area contributed by atoms with Crippen molar-refractivity contribution >= 4 is 5.97 Å². The third-order valence-corrected chi connectivity index (χ3v) is 1.22. The van der Waals surface area contributed by atoms with E-state index in [-0.39, 0.29) is 12.3 Å². The molecule has 0 aromatic carbocycles. The molecule has 0 saturated heterocycles. The van der Waals surface area contributed by atoms with Crippen LogP contribution in [0.4, 0.5) is 0 Å². The predicted molar refractivity (Wildman–Crippen MR) is 36.0 cm³/mol. The van der Waals surface area contributed by atoms with Crippen molar-refractivity contribution in [3.05, 3.63) is 6.92 Å². The molecular weight excluding hydrogens is 116 g/mol. The van der Waals surface area contributed by atoms with E-state index in [1.807, 2.05) is 6.92 Å². The summed E-state index contributed by atoms with van der Waals surface area (Å²) in [5, 5.41) is 8.29. The molecular formula is C7H13O2. The first kappa shape index (κ1) is 8.47. The van der Waals surface area contributed by atoms with Crippen LogP contribution in [0.15, 0.2) is 0 Å². The van der Waals surface area contributed by atoms with Crippen molar-refractivity contribution in [3.8, 4) is 0 Å². The van der Waals surface area contributed by atoms with Crippen LogP contribution in [0.3, 0.4) is 0 Å². The highest BCUT2D eigenvalue weighted by atomic mass is 16.4. The lowest BCUT2D eigenvalue weighted by Crippen LogP contribution is -2.03. The molecule has 2 heteroatoms. The number of rotatable bonds is 4. The highest BCUT2D eigenvalue weighted by molar-refractivity contribution is 5.66. The van der Waals surface area contributed by atoms with Crippen molar-refractivity contribution in [1.82, 2.24) is 0 Å². The average Bonchev–Trinajstić information content (AvgIpc) is 1.63. The zero-order chi connectivity index (χ0) is 7.28. The van der Waals surface area contributed by atoms with Crippen molar-refractivity contribution in [3.63, 3.8) is 0 Å². The third-order valence-electron chi connectivity index (χ3n) is 1.22. The Bertz CT molecular complexity index is 88.9. The molecule has 1 atom stereocenters. The van der Waals surface area contributed by atoms with E-state index in [2.05, 4.69) is 6.92 Å². The Labute approximate surface area is 55.9 Å². The van der Waals surface area contributed by atoms with E-state index in [4.69, 9.17) is 5.11 Å². The Balaban J connectivity index is 3.26. The molecule has 0 aliphatic rings. The van der Waals surface area contributed by atoms with Crippen molar-refractivity contribution < 1.29 is 9.90 Å². The van der Waals surface area contributed by atoms with Gasteiger partial charge in [0.1, 0.15) is 0 Å². The van der Waals surface area contributed by atoms with Crippen LogP contribution < -0.4 is 0 Å². The number of carbonyl (C=O) groups is 1. The molecule has 0 aliphatic heterocycles. The normalized spacial score (nSPS) is 13.1. The van der Waals surface area contributed by atoms with Gasteiger partial charge in [-0.15, -0.1) is 0 Å². The summed E-state index contributed by atoms with van der Waals surface area (Å²) in [6.07, 6.45) is 2.01. The summed E-state index contributed by atoms with van der Waals surface area (Å²) >= 11 is 0. The summed E-state index contributed by atoms with van der Waals surface area (Å²) in [5.74, 6) is -0.434. The molecule has 0 amide bonds. The molecule has 0 saturated carbocycles. The van der Waals surface area contributed by atoms with Gasteiger partial charge in [-0.2, -0.15) is 0 Å². The lowest BCUT2D eigenvalue weighted by atomic mass is 10.0. The van der Waals surface area contributed by atoms with E-state index < -0.39 is 5.97 Å². The molecule has 2 nitrogen and oxygen atoms in total. The molecule has 1 unspecified atom stereocenters. The summed E-state index contributed by atoms with van der Waals surface area (Å²) in [5.41, 5.74) is 0. The van der Waals surface area contributed by atoms with Gasteiger partial charge in [-0.05, 0) is 5.92 Å². The molecule has 53 valence electrons. The molecule has 0 aromatic heterocycles. The summed E-state index contributed by atoms with van der Waals surface area (Å²) in [4.78, 5) is 10.1. The molecule has 0 fully saturated rings. The van der Waals surface area contributed by atoms with Crippen LogP contribution in [0.2, 0.25) is 0 Å². The minimum Gasteiger partial charge on any atom is -0.481 e. The Hall–Kier alpha value is -0.530. The highest BCUT2D eigenvalue weighted by Gasteiger charge is 2.04. The number of carboxylic acid groups (broad SMARTS) is 1. The maximum Gasteiger partial charge on any atom is 0.303 e. The first-order valence-corrected chi connectivity index (χ1v) is 3.18. The number of hydrogen-bond acceptors (Lipinski definition) is 1. The first-order valence-electron chi connectivity index (χ1n) is 3.18. The van der Waals surface area contributed by atoms with Crippen LogP contribution in [0.5, 0.6) is 0 Å². The van der Waals surface area contributed by atoms with E-state index in [1.165, 1.54) is 0 Å². The Morgan fingerprint density at radius 2 is 2.33 bits per heavy atom. The van der Waals surface area contributed by atoms with E-state index in [9.17, 15) is 4.79 Å². The van der Waals surface area contributed by atoms with Gasteiger partial charge in [-0.3, -0.25) is 4.79 Å². The summed E-state index contributed by atoms with van der Waals surface area (Å²) in [6.45, 7) is 5.57. The number of hydrogen-bond donors (Lipinski definition) is 1. The van der Waals surface area contributed by atoms with Gasteiger partial charge < -0.3 is 5.11 Å². The Morgan fingerprint density at radius 3 is 2.67 bits per heavy atom. The van der Waals surface area contributed by atoms with Crippen molar-refractivity contribution in [2.45, 2.75) is 26.2 Å². The second-order valence-corrected chi connectivity index (χ2v) is 2.35. The molecule has 0 heterocycles. The first-order chi connectivity index (χ1) is 4.16. The van der Waals surface area contributed by atoms with E-state index >= 15 is 0 Å². The summed E-state index contributed by atoms with van der Waals surface area (Å²) in [6, 6.07) is 0. The van der Waals surface area contributed by atoms with Crippen LogP contribution >= 0.6 is 0 Å². The Morgan fingerprint density at radius 1 is 1.78 bits per heavy atom. The fourth-order valence-electron chi connectivity index (χ4n) is 0.749. The molecule has 1 radical (unpaired) electrons. The predicted octanol–water partition coefficient (Wildman–Crippen LogP) is 1.71. The minimum absolute atomic E-state index is 0.273. The van der Waals surface area contributed by atoms with Crippen LogP contribution in [-0.4, -0.2) is 11.1 Å². The topological polar surface area (TPSA) is 37.3 Å². The summed E-state index contributed by atoms with van der Waals surface area (Å²) in [7, 11) is 0. The van der Waals surface area contributed by atoms with Crippen LogP contribution in [0.25, 0.3) is 0 Å². The van der Waals surface area contributed by atoms with Gasteiger partial charge >= 0.3 is 5.97 Å². The van der Waals surface area contributed by atoms with Crippen LogP contribution in [0.1, 0.15) is 26.2 Å². The second-order valence-electron chi connectivity index (χ2n) is 2.35. The zero-order valence-electron chi connectivity index (χ0n) is 5.76. The molecule has 0 spiro atoms. The van der Waals surface area contributed by atoms with Crippen LogP contribution in [-0.2, 0) is 4.79 Å². The van der Waals surface area contributed by atoms with Crippen molar-refractivity contribution in [2.75, 3.05) is 0 Å². The van der Waals surface area contributed by atoms with Gasteiger partial charge in [0.2, 0.25) is 0 Å². The minimum atomic E-state index is -0.712. The molecule has 0 rings (SSSR count). The summed E-state index contributed by atoms with van der Waals surface area (Å²) < 4.78 is 0. The third kappa shape index (κ3) is 5.34. The van der Waals surface area contributed by atoms with E-state index in [0.717, 1.165) is 12.8 Å². The molecule has 9 heavy (non-hydrogen) atoms. The van der Waals surface area contributed by atoms with Crippen molar-refractivity contribution in [1.29, 1.82) is 0 Å². The van der Waals surface area contributed by atoms with Gasteiger partial charge in [0.25, 0.3) is 0 Å². The molecule has 1 N–H and O–H groups in total. The SMILES string of the molecule is [CH2]CCC(C)CC(=O)O. The molecule has 0 aliphatic carbocycles.